The van der Waals surface area contributed by atoms with Crippen molar-refractivity contribution in [3.8, 4) is 23.8 Å². The van der Waals surface area contributed by atoms with Gasteiger partial charge in [-0.25, -0.2) is 0 Å². The summed E-state index contributed by atoms with van der Waals surface area (Å²) < 4.78 is 10.7. The molecule has 24 heavy (non-hydrogen) atoms. The van der Waals surface area contributed by atoms with Gasteiger partial charge in [-0.1, -0.05) is 31.8 Å². The van der Waals surface area contributed by atoms with E-state index in [0.29, 0.717) is 30.4 Å². The topological polar surface area (TPSA) is 47.6 Å². The fraction of sp³-hybridized carbons (Fsp3) is 0.550. The quantitative estimate of drug-likeness (QED) is 0.778. The van der Waals surface area contributed by atoms with Gasteiger partial charge in [0.1, 0.15) is 6.61 Å². The first-order valence-electron chi connectivity index (χ1n) is 8.62. The number of nitrogens with one attached hydrogen (secondary N) is 1. The summed E-state index contributed by atoms with van der Waals surface area (Å²) in [6, 6.07) is 5.61. The van der Waals surface area contributed by atoms with Crippen LogP contribution < -0.4 is 14.8 Å². The SMILES string of the molecule is C#CCOc1cc(CNC(=O)CC2CCCC(C)C2)ccc1OC. The lowest BCUT2D eigenvalue weighted by atomic mass is 9.81. The zero-order valence-electron chi connectivity index (χ0n) is 14.6. The van der Waals surface area contributed by atoms with Crippen LogP contribution in [-0.2, 0) is 11.3 Å². The highest BCUT2D eigenvalue weighted by Gasteiger charge is 2.21. The van der Waals surface area contributed by atoms with Crippen molar-refractivity contribution in [3.05, 3.63) is 23.8 Å². The second-order valence-corrected chi connectivity index (χ2v) is 6.60. The summed E-state index contributed by atoms with van der Waals surface area (Å²) in [5, 5.41) is 3.01. The van der Waals surface area contributed by atoms with E-state index in [2.05, 4.69) is 18.2 Å². The smallest absolute Gasteiger partial charge is 0.220 e. The molecular weight excluding hydrogens is 302 g/mol. The molecule has 1 aromatic carbocycles. The van der Waals surface area contributed by atoms with Crippen LogP contribution >= 0.6 is 0 Å². The van der Waals surface area contributed by atoms with Gasteiger partial charge >= 0.3 is 0 Å². The van der Waals surface area contributed by atoms with E-state index in [1.807, 2.05) is 18.2 Å². The average molecular weight is 329 g/mol. The molecule has 0 bridgehead atoms. The Balaban J connectivity index is 1.86. The monoisotopic (exact) mass is 329 g/mol. The van der Waals surface area contributed by atoms with Gasteiger partial charge in [-0.15, -0.1) is 6.42 Å². The Morgan fingerprint density at radius 2 is 2.21 bits per heavy atom. The maximum absolute atomic E-state index is 12.2. The van der Waals surface area contributed by atoms with Crippen molar-refractivity contribution in [1.29, 1.82) is 0 Å². The molecule has 1 fully saturated rings. The van der Waals surface area contributed by atoms with Crippen molar-refractivity contribution in [2.75, 3.05) is 13.7 Å². The molecule has 0 aliphatic heterocycles. The number of rotatable bonds is 7. The molecule has 0 aromatic heterocycles. The zero-order chi connectivity index (χ0) is 17.4. The minimum absolute atomic E-state index is 0.121. The molecule has 1 saturated carbocycles. The molecule has 1 N–H and O–H groups in total. The minimum Gasteiger partial charge on any atom is -0.493 e. The van der Waals surface area contributed by atoms with Crippen molar-refractivity contribution in [1.82, 2.24) is 5.32 Å². The minimum atomic E-state index is 0.121. The summed E-state index contributed by atoms with van der Waals surface area (Å²) in [5.74, 6) is 5.07. The number of carbonyl (C=O) groups excluding carboxylic acids is 1. The third kappa shape index (κ3) is 5.49. The molecule has 1 aliphatic carbocycles. The van der Waals surface area contributed by atoms with Gasteiger partial charge in [0, 0.05) is 13.0 Å². The number of methoxy groups -OCH3 is 1. The molecule has 1 aliphatic rings. The van der Waals surface area contributed by atoms with Crippen LogP contribution in [0.25, 0.3) is 0 Å². The van der Waals surface area contributed by atoms with E-state index in [1.165, 1.54) is 25.7 Å². The maximum Gasteiger partial charge on any atom is 0.220 e. The van der Waals surface area contributed by atoms with Crippen LogP contribution in [-0.4, -0.2) is 19.6 Å². The van der Waals surface area contributed by atoms with Crippen molar-refractivity contribution >= 4 is 5.91 Å². The Morgan fingerprint density at radius 3 is 2.92 bits per heavy atom. The van der Waals surface area contributed by atoms with Gasteiger partial charge < -0.3 is 14.8 Å². The van der Waals surface area contributed by atoms with Crippen molar-refractivity contribution in [3.63, 3.8) is 0 Å². The summed E-state index contributed by atoms with van der Waals surface area (Å²) in [5.41, 5.74) is 0.966. The van der Waals surface area contributed by atoms with Gasteiger partial charge in [-0.05, 0) is 42.4 Å². The van der Waals surface area contributed by atoms with Crippen LogP contribution in [0, 0.1) is 24.2 Å². The van der Waals surface area contributed by atoms with E-state index in [4.69, 9.17) is 15.9 Å². The van der Waals surface area contributed by atoms with Gasteiger partial charge in [0.15, 0.2) is 11.5 Å². The lowest BCUT2D eigenvalue weighted by molar-refractivity contribution is -0.122. The highest BCUT2D eigenvalue weighted by Crippen LogP contribution is 2.31. The second-order valence-electron chi connectivity index (χ2n) is 6.60. The highest BCUT2D eigenvalue weighted by molar-refractivity contribution is 5.76. The molecule has 2 unspecified atom stereocenters. The Bertz CT molecular complexity index is 591. The lowest BCUT2D eigenvalue weighted by Gasteiger charge is -2.26. The van der Waals surface area contributed by atoms with Gasteiger partial charge in [0.25, 0.3) is 0 Å². The van der Waals surface area contributed by atoms with Crippen LogP contribution in [0.4, 0.5) is 0 Å². The van der Waals surface area contributed by atoms with Crippen molar-refractivity contribution < 1.29 is 14.3 Å². The normalized spacial score (nSPS) is 20.0. The summed E-state index contributed by atoms with van der Waals surface area (Å²) in [7, 11) is 1.59. The molecule has 2 rings (SSSR count). The van der Waals surface area contributed by atoms with Gasteiger partial charge in [0.05, 0.1) is 7.11 Å². The first-order valence-corrected chi connectivity index (χ1v) is 8.62. The van der Waals surface area contributed by atoms with Crippen LogP contribution in [0.1, 0.15) is 44.6 Å². The number of terminal acetylenes is 1. The van der Waals surface area contributed by atoms with Gasteiger partial charge in [-0.3, -0.25) is 4.79 Å². The second kappa shape index (κ2) is 9.22. The first kappa shape index (κ1) is 18.2. The van der Waals surface area contributed by atoms with Crippen LogP contribution in [0.5, 0.6) is 11.5 Å². The van der Waals surface area contributed by atoms with E-state index < -0.39 is 0 Å². The predicted molar refractivity (Wildman–Crippen MR) is 94.9 cm³/mol. The maximum atomic E-state index is 12.2. The molecule has 0 saturated heterocycles. The van der Waals surface area contributed by atoms with Gasteiger partial charge in [-0.2, -0.15) is 0 Å². The van der Waals surface area contributed by atoms with Gasteiger partial charge in [0.2, 0.25) is 5.91 Å². The number of benzene rings is 1. The largest absolute Gasteiger partial charge is 0.493 e. The zero-order valence-corrected chi connectivity index (χ0v) is 14.6. The third-order valence-electron chi connectivity index (χ3n) is 4.55. The molecule has 130 valence electrons. The van der Waals surface area contributed by atoms with Crippen LogP contribution in [0.3, 0.4) is 0 Å². The average Bonchev–Trinajstić information content (AvgIpc) is 2.58. The number of hydrogen-bond donors (Lipinski definition) is 1. The van der Waals surface area contributed by atoms with E-state index >= 15 is 0 Å². The predicted octanol–water partition coefficient (Wildman–Crippen LogP) is 3.54. The first-order chi connectivity index (χ1) is 11.6. The fourth-order valence-electron chi connectivity index (χ4n) is 3.34. The number of ether oxygens (including phenoxy) is 2. The summed E-state index contributed by atoms with van der Waals surface area (Å²) >= 11 is 0. The molecule has 2 atom stereocenters. The molecule has 4 nitrogen and oxygen atoms in total. The van der Waals surface area contributed by atoms with Crippen molar-refractivity contribution in [2.24, 2.45) is 11.8 Å². The summed E-state index contributed by atoms with van der Waals surface area (Å²) in [6.45, 7) is 2.95. The van der Waals surface area contributed by atoms with Crippen LogP contribution in [0.2, 0.25) is 0 Å². The Hall–Kier alpha value is -2.15. The molecule has 1 aromatic rings. The summed E-state index contributed by atoms with van der Waals surface area (Å²) in [6.07, 6.45) is 10.7. The molecular formula is C20H27NO3. The third-order valence-corrected chi connectivity index (χ3v) is 4.55. The number of amides is 1. The lowest BCUT2D eigenvalue weighted by Crippen LogP contribution is -2.27. The Kier molecular flexibility index (Phi) is 6.99. The van der Waals surface area contributed by atoms with Crippen LogP contribution in [0.15, 0.2) is 18.2 Å². The number of carbonyl (C=O) groups is 1. The summed E-state index contributed by atoms with van der Waals surface area (Å²) in [4.78, 5) is 12.2. The Morgan fingerprint density at radius 1 is 1.38 bits per heavy atom. The Labute approximate surface area is 144 Å². The molecule has 1 amide bonds. The molecule has 0 spiro atoms. The molecule has 0 heterocycles. The van der Waals surface area contributed by atoms with Crippen molar-refractivity contribution in [2.45, 2.75) is 45.6 Å². The van der Waals surface area contributed by atoms with E-state index in [0.717, 1.165) is 11.5 Å². The highest BCUT2D eigenvalue weighted by atomic mass is 16.5. The number of hydrogen-bond acceptors (Lipinski definition) is 3. The molecule has 4 heteroatoms. The van der Waals surface area contributed by atoms with E-state index in [9.17, 15) is 4.79 Å². The van der Waals surface area contributed by atoms with E-state index in [1.54, 1.807) is 7.11 Å². The molecule has 0 radical (unpaired) electrons. The fourth-order valence-corrected chi connectivity index (χ4v) is 3.34. The standard InChI is InChI=1S/C20H27NO3/c1-4-10-24-19-12-17(8-9-18(19)23-3)14-21-20(22)13-16-7-5-6-15(2)11-16/h1,8-9,12,15-16H,5-7,10-11,13-14H2,2-3H3,(H,21,22). The van der Waals surface area contributed by atoms with E-state index in [-0.39, 0.29) is 12.5 Å².